The normalized spacial score (nSPS) is 14.5. The molecule has 3 aromatic carbocycles. The van der Waals surface area contributed by atoms with Crippen LogP contribution in [-0.4, -0.2) is 21.6 Å². The van der Waals surface area contributed by atoms with Crippen LogP contribution in [-0.2, 0) is 10.0 Å². The minimum Gasteiger partial charge on any atom is -0.490 e. The maximum atomic E-state index is 13.5. The van der Waals surface area contributed by atoms with E-state index in [1.54, 1.807) is 12.1 Å². The van der Waals surface area contributed by atoms with Crippen LogP contribution >= 0.6 is 0 Å². The molecule has 0 bridgehead atoms. The molecule has 0 saturated carbocycles. The molecule has 0 amide bonds. The van der Waals surface area contributed by atoms with E-state index >= 15 is 0 Å². The molecule has 1 aliphatic heterocycles. The summed E-state index contributed by atoms with van der Waals surface area (Å²) in [5.74, 6) is 1.45. The first-order chi connectivity index (χ1) is 16.0. The van der Waals surface area contributed by atoms with Gasteiger partial charge in [-0.1, -0.05) is 55.1 Å². The third kappa shape index (κ3) is 4.25. The molecule has 1 aromatic heterocycles. The van der Waals surface area contributed by atoms with Gasteiger partial charge in [0, 0.05) is 17.9 Å². The largest absolute Gasteiger partial charge is 0.490 e. The highest BCUT2D eigenvalue weighted by atomic mass is 32.2. The summed E-state index contributed by atoms with van der Waals surface area (Å²) in [6.07, 6.45) is 2.44. The third-order valence-electron chi connectivity index (χ3n) is 5.56. The average Bonchev–Trinajstić information content (AvgIpc) is 3.12. The Labute approximate surface area is 192 Å². The second-order valence-electron chi connectivity index (χ2n) is 7.73. The Morgan fingerprint density at radius 1 is 0.909 bits per heavy atom. The van der Waals surface area contributed by atoms with Crippen molar-refractivity contribution in [3.05, 3.63) is 96.3 Å². The van der Waals surface area contributed by atoms with Gasteiger partial charge in [0.1, 0.15) is 17.4 Å². The first-order valence-corrected chi connectivity index (χ1v) is 12.2. The molecular weight excluding hydrogens is 438 g/mol. The third-order valence-corrected chi connectivity index (χ3v) is 6.98. The molecule has 0 saturated heterocycles. The first-order valence-electron chi connectivity index (χ1n) is 10.7. The van der Waals surface area contributed by atoms with Crippen LogP contribution in [0.2, 0.25) is 0 Å². The fourth-order valence-corrected chi connectivity index (χ4v) is 5.11. The predicted octanol–water partition coefficient (Wildman–Crippen LogP) is 5.31. The number of para-hydroxylation sites is 1. The number of hydrogen-bond donors (Lipinski definition) is 1. The van der Waals surface area contributed by atoms with Crippen LogP contribution in [0.3, 0.4) is 0 Å². The van der Waals surface area contributed by atoms with Crippen molar-refractivity contribution < 1.29 is 22.3 Å². The van der Waals surface area contributed by atoms with Gasteiger partial charge in [0.15, 0.2) is 11.5 Å². The van der Waals surface area contributed by atoms with Crippen molar-refractivity contribution in [2.24, 2.45) is 0 Å². The smallest absolute Gasteiger partial charge is 0.241 e. The van der Waals surface area contributed by atoms with Crippen molar-refractivity contribution in [3.63, 3.8) is 0 Å². The highest BCUT2D eigenvalue weighted by Crippen LogP contribution is 2.35. The number of rotatable bonds is 6. The highest BCUT2D eigenvalue weighted by molar-refractivity contribution is 7.89. The SMILES string of the molecule is C=Cc1ccccc1[C@@H](NS(=O)(=O)c1ccc2c(c1)OCCCO2)c1cc2ccccc2o1. The Balaban J connectivity index is 1.58. The van der Waals surface area contributed by atoms with Crippen molar-refractivity contribution in [3.8, 4) is 11.5 Å². The Morgan fingerprint density at radius 2 is 1.67 bits per heavy atom. The quantitative estimate of drug-likeness (QED) is 0.421. The van der Waals surface area contributed by atoms with Gasteiger partial charge in [0.05, 0.1) is 18.1 Å². The standard InChI is InChI=1S/C26H23NO5S/c1-2-18-8-3-5-10-21(18)26(25-16-19-9-4-6-11-22(19)32-25)27-33(28,29)20-12-13-23-24(17-20)31-15-7-14-30-23/h2-6,8-13,16-17,26-27H,1,7,14-15H2/t26-/m1/s1. The van der Waals surface area contributed by atoms with Crippen molar-refractivity contribution in [1.29, 1.82) is 0 Å². The first kappa shape index (κ1) is 21.3. The number of furan rings is 1. The molecule has 2 heterocycles. The van der Waals surface area contributed by atoms with Gasteiger partial charge in [-0.3, -0.25) is 0 Å². The summed E-state index contributed by atoms with van der Waals surface area (Å²) < 4.78 is 47.2. The van der Waals surface area contributed by atoms with Gasteiger partial charge in [0.2, 0.25) is 10.0 Å². The van der Waals surface area contributed by atoms with Crippen LogP contribution < -0.4 is 14.2 Å². The van der Waals surface area contributed by atoms with E-state index in [9.17, 15) is 8.42 Å². The van der Waals surface area contributed by atoms with E-state index in [0.29, 0.717) is 36.1 Å². The lowest BCUT2D eigenvalue weighted by Gasteiger charge is -2.20. The molecule has 1 atom stereocenters. The molecule has 5 rings (SSSR count). The topological polar surface area (TPSA) is 77.8 Å². The fraction of sp³-hybridized carbons (Fsp3) is 0.154. The lowest BCUT2D eigenvalue weighted by molar-refractivity contribution is 0.297. The summed E-state index contributed by atoms with van der Waals surface area (Å²) in [7, 11) is -3.94. The van der Waals surface area contributed by atoms with Crippen molar-refractivity contribution in [1.82, 2.24) is 4.72 Å². The van der Waals surface area contributed by atoms with E-state index in [2.05, 4.69) is 11.3 Å². The van der Waals surface area contributed by atoms with E-state index < -0.39 is 16.1 Å². The molecule has 33 heavy (non-hydrogen) atoms. The number of sulfonamides is 1. The number of fused-ring (bicyclic) bond motifs is 2. The van der Waals surface area contributed by atoms with Crippen LogP contribution in [0.5, 0.6) is 11.5 Å². The molecule has 0 radical (unpaired) electrons. The maximum absolute atomic E-state index is 13.5. The summed E-state index contributed by atoms with van der Waals surface area (Å²) >= 11 is 0. The zero-order valence-corrected chi connectivity index (χ0v) is 18.7. The molecule has 7 heteroatoms. The Morgan fingerprint density at radius 3 is 2.48 bits per heavy atom. The summed E-state index contributed by atoms with van der Waals surface area (Å²) in [5.41, 5.74) is 2.23. The minimum atomic E-state index is -3.94. The second-order valence-corrected chi connectivity index (χ2v) is 9.45. The van der Waals surface area contributed by atoms with Gasteiger partial charge in [0.25, 0.3) is 0 Å². The molecule has 0 aliphatic carbocycles. The molecule has 1 aliphatic rings. The zero-order valence-electron chi connectivity index (χ0n) is 17.9. The van der Waals surface area contributed by atoms with Crippen LogP contribution in [0, 0.1) is 0 Å². The van der Waals surface area contributed by atoms with Crippen molar-refractivity contribution in [2.75, 3.05) is 13.2 Å². The lowest BCUT2D eigenvalue weighted by Crippen LogP contribution is -2.29. The number of benzene rings is 3. The van der Waals surface area contributed by atoms with Gasteiger partial charge in [-0.2, -0.15) is 4.72 Å². The molecule has 168 valence electrons. The van der Waals surface area contributed by atoms with Crippen LogP contribution in [0.1, 0.15) is 29.3 Å². The summed E-state index contributed by atoms with van der Waals surface area (Å²) in [6.45, 7) is 4.89. The van der Waals surface area contributed by atoms with Crippen LogP contribution in [0.25, 0.3) is 17.0 Å². The van der Waals surface area contributed by atoms with E-state index in [1.807, 2.05) is 54.6 Å². The van der Waals surface area contributed by atoms with Crippen molar-refractivity contribution in [2.45, 2.75) is 17.4 Å². The van der Waals surface area contributed by atoms with E-state index in [0.717, 1.165) is 22.9 Å². The zero-order chi connectivity index (χ0) is 22.8. The second kappa shape index (κ2) is 8.77. The van der Waals surface area contributed by atoms with E-state index in [1.165, 1.54) is 12.1 Å². The molecule has 6 nitrogen and oxygen atoms in total. The van der Waals surface area contributed by atoms with E-state index in [4.69, 9.17) is 13.9 Å². The molecular formula is C26H23NO5S. The lowest BCUT2D eigenvalue weighted by atomic mass is 9.99. The average molecular weight is 462 g/mol. The molecule has 0 unspecified atom stereocenters. The monoisotopic (exact) mass is 461 g/mol. The summed E-state index contributed by atoms with van der Waals surface area (Å²) in [4.78, 5) is 0.0870. The van der Waals surface area contributed by atoms with Gasteiger partial charge >= 0.3 is 0 Å². The van der Waals surface area contributed by atoms with Crippen LogP contribution in [0.4, 0.5) is 0 Å². The molecule has 1 N–H and O–H groups in total. The number of hydrogen-bond acceptors (Lipinski definition) is 5. The van der Waals surface area contributed by atoms with Gasteiger partial charge in [-0.15, -0.1) is 0 Å². The molecule has 0 fully saturated rings. The fourth-order valence-electron chi connectivity index (χ4n) is 3.91. The Bertz CT molecular complexity index is 1390. The van der Waals surface area contributed by atoms with Crippen LogP contribution in [0.15, 0.2) is 88.7 Å². The minimum absolute atomic E-state index is 0.0870. The Hall–Kier alpha value is -3.55. The summed E-state index contributed by atoms with van der Waals surface area (Å²) in [6, 6.07) is 20.8. The van der Waals surface area contributed by atoms with Gasteiger partial charge < -0.3 is 13.9 Å². The Kier molecular flexibility index (Phi) is 5.66. The van der Waals surface area contributed by atoms with Crippen molar-refractivity contribution >= 4 is 27.1 Å². The van der Waals surface area contributed by atoms with Gasteiger partial charge in [-0.25, -0.2) is 8.42 Å². The summed E-state index contributed by atoms with van der Waals surface area (Å²) in [5, 5.41) is 0.892. The molecule has 0 spiro atoms. The predicted molar refractivity (Wildman–Crippen MR) is 127 cm³/mol. The number of nitrogens with one attached hydrogen (secondary N) is 1. The number of ether oxygens (including phenoxy) is 2. The molecule has 4 aromatic rings. The van der Waals surface area contributed by atoms with E-state index in [-0.39, 0.29) is 4.90 Å². The maximum Gasteiger partial charge on any atom is 0.241 e. The van der Waals surface area contributed by atoms with Gasteiger partial charge in [-0.05, 0) is 35.4 Å². The highest BCUT2D eigenvalue weighted by Gasteiger charge is 2.28.